The van der Waals surface area contributed by atoms with E-state index in [-0.39, 0.29) is 5.91 Å². The van der Waals surface area contributed by atoms with Crippen molar-refractivity contribution in [3.8, 4) is 0 Å². The summed E-state index contributed by atoms with van der Waals surface area (Å²) in [6.07, 6.45) is 3.38. The molecule has 1 aliphatic heterocycles. The van der Waals surface area contributed by atoms with Gasteiger partial charge in [-0.2, -0.15) is 0 Å². The molecule has 1 fully saturated rings. The second-order valence-corrected chi connectivity index (χ2v) is 6.88. The van der Waals surface area contributed by atoms with Crippen LogP contribution in [0, 0.1) is 5.92 Å². The number of amides is 1. The molecule has 4 heteroatoms. The van der Waals surface area contributed by atoms with E-state index in [1.807, 2.05) is 24.3 Å². The molecule has 1 saturated heterocycles. The molecule has 0 radical (unpaired) electrons. The molecule has 2 aromatic carbocycles. The van der Waals surface area contributed by atoms with E-state index in [1.54, 1.807) is 0 Å². The van der Waals surface area contributed by atoms with Crippen LogP contribution in [-0.4, -0.2) is 24.0 Å². The molecule has 0 spiro atoms. The number of aromatic nitrogens is 1. The van der Waals surface area contributed by atoms with Crippen molar-refractivity contribution in [1.29, 1.82) is 0 Å². The van der Waals surface area contributed by atoms with Gasteiger partial charge in [-0.1, -0.05) is 48.5 Å². The van der Waals surface area contributed by atoms with Crippen molar-refractivity contribution in [3.63, 3.8) is 0 Å². The molecule has 1 amide bonds. The smallest absolute Gasteiger partial charge is 0.253 e. The first-order chi connectivity index (χ1) is 12.2. The molecular weight excluding hydrogens is 310 g/mol. The van der Waals surface area contributed by atoms with Crippen LogP contribution in [0.4, 0.5) is 5.82 Å². The molecule has 2 heterocycles. The maximum absolute atomic E-state index is 12.0. The van der Waals surface area contributed by atoms with Gasteiger partial charge in [-0.3, -0.25) is 4.79 Å². The van der Waals surface area contributed by atoms with Gasteiger partial charge in [0.2, 0.25) is 0 Å². The van der Waals surface area contributed by atoms with Crippen LogP contribution in [0.1, 0.15) is 28.8 Å². The lowest BCUT2D eigenvalue weighted by molar-refractivity contribution is 0.100. The van der Waals surface area contributed by atoms with Crippen LogP contribution in [0.2, 0.25) is 0 Å². The van der Waals surface area contributed by atoms with E-state index >= 15 is 0 Å². The largest absolute Gasteiger partial charge is 0.365 e. The van der Waals surface area contributed by atoms with E-state index in [9.17, 15) is 4.79 Å². The molecule has 4 nitrogen and oxygen atoms in total. The van der Waals surface area contributed by atoms with Crippen molar-refractivity contribution in [2.45, 2.75) is 19.3 Å². The number of benzene rings is 2. The Morgan fingerprint density at radius 2 is 1.72 bits per heavy atom. The summed E-state index contributed by atoms with van der Waals surface area (Å²) in [4.78, 5) is 17.7. The van der Waals surface area contributed by atoms with Gasteiger partial charge in [-0.15, -0.1) is 0 Å². The molecule has 4 rings (SSSR count). The van der Waals surface area contributed by atoms with Crippen molar-refractivity contribution in [1.82, 2.24) is 4.98 Å². The van der Waals surface area contributed by atoms with Gasteiger partial charge in [-0.05, 0) is 36.8 Å². The average molecular weight is 333 g/mol. The Labute approximate surface area is 147 Å². The molecule has 0 aliphatic carbocycles. The molecule has 25 heavy (non-hydrogen) atoms. The van der Waals surface area contributed by atoms with E-state index in [0.717, 1.165) is 49.1 Å². The molecule has 0 bridgehead atoms. The number of H-pyrrole nitrogens is 1. The number of carbonyl (C=O) groups is 1. The lowest BCUT2D eigenvalue weighted by Gasteiger charge is -2.33. The van der Waals surface area contributed by atoms with Gasteiger partial charge in [-0.25, -0.2) is 0 Å². The van der Waals surface area contributed by atoms with Crippen LogP contribution in [0.5, 0.6) is 0 Å². The molecule has 0 unspecified atom stereocenters. The number of hydrogen-bond donors (Lipinski definition) is 2. The summed E-state index contributed by atoms with van der Waals surface area (Å²) in [6.45, 7) is 1.90. The summed E-state index contributed by atoms with van der Waals surface area (Å²) >= 11 is 0. The summed E-state index contributed by atoms with van der Waals surface area (Å²) in [6, 6.07) is 18.5. The highest BCUT2D eigenvalue weighted by atomic mass is 16.1. The van der Waals surface area contributed by atoms with E-state index in [2.05, 4.69) is 40.2 Å². The van der Waals surface area contributed by atoms with Gasteiger partial charge < -0.3 is 15.6 Å². The minimum absolute atomic E-state index is 0.362. The predicted molar refractivity (Wildman–Crippen MR) is 102 cm³/mol. The Morgan fingerprint density at radius 1 is 1.04 bits per heavy atom. The minimum Gasteiger partial charge on any atom is -0.365 e. The number of primary amides is 1. The highest BCUT2D eigenvalue weighted by molar-refractivity contribution is 6.11. The Morgan fingerprint density at radius 3 is 2.44 bits per heavy atom. The lowest BCUT2D eigenvalue weighted by atomic mass is 9.90. The van der Waals surface area contributed by atoms with Crippen LogP contribution in [0.25, 0.3) is 10.9 Å². The quantitative estimate of drug-likeness (QED) is 0.764. The molecule has 3 N–H and O–H groups in total. The number of nitrogens with zero attached hydrogens (tertiary/aromatic N) is 1. The third-order valence-electron chi connectivity index (χ3n) is 5.23. The summed E-state index contributed by atoms with van der Waals surface area (Å²) in [5.41, 5.74) is 8.67. The molecule has 0 saturated carbocycles. The SMILES string of the molecule is NC(=O)c1c(N2CCC(Cc3ccccc3)CC2)[nH]c2ccccc12. The standard InChI is InChI=1S/C21H23N3O/c22-20(25)19-17-8-4-5-9-18(17)23-21(19)24-12-10-16(11-13-24)14-15-6-2-1-3-7-15/h1-9,16,23H,10-14H2,(H2,22,25). The van der Waals surface area contributed by atoms with Crippen molar-refractivity contribution >= 4 is 22.6 Å². The van der Waals surface area contributed by atoms with Crippen molar-refractivity contribution < 1.29 is 4.79 Å². The summed E-state index contributed by atoms with van der Waals surface area (Å²) in [5.74, 6) is 1.21. The number of anilines is 1. The minimum atomic E-state index is -0.362. The first kappa shape index (κ1) is 15.8. The van der Waals surface area contributed by atoms with Crippen molar-refractivity contribution in [3.05, 3.63) is 65.7 Å². The van der Waals surface area contributed by atoms with E-state index in [0.29, 0.717) is 11.5 Å². The van der Waals surface area contributed by atoms with Gasteiger partial charge in [0.25, 0.3) is 5.91 Å². The number of nitrogens with two attached hydrogens (primary N) is 1. The Kier molecular flexibility index (Phi) is 4.18. The van der Waals surface area contributed by atoms with Crippen LogP contribution >= 0.6 is 0 Å². The van der Waals surface area contributed by atoms with Gasteiger partial charge in [0, 0.05) is 24.0 Å². The Balaban J connectivity index is 1.52. The highest BCUT2D eigenvalue weighted by Crippen LogP contribution is 2.32. The number of para-hydroxylation sites is 1. The van der Waals surface area contributed by atoms with Crippen LogP contribution in [0.3, 0.4) is 0 Å². The van der Waals surface area contributed by atoms with Crippen molar-refractivity contribution in [2.24, 2.45) is 11.7 Å². The van der Waals surface area contributed by atoms with Crippen LogP contribution in [-0.2, 0) is 6.42 Å². The number of carbonyl (C=O) groups excluding carboxylic acids is 1. The highest BCUT2D eigenvalue weighted by Gasteiger charge is 2.25. The zero-order valence-corrected chi connectivity index (χ0v) is 14.2. The maximum Gasteiger partial charge on any atom is 0.253 e. The summed E-state index contributed by atoms with van der Waals surface area (Å²) in [7, 11) is 0. The monoisotopic (exact) mass is 333 g/mol. The molecule has 0 atom stereocenters. The van der Waals surface area contributed by atoms with Crippen LogP contribution in [0.15, 0.2) is 54.6 Å². The summed E-state index contributed by atoms with van der Waals surface area (Å²) < 4.78 is 0. The normalized spacial score (nSPS) is 15.6. The number of aromatic amines is 1. The number of hydrogen-bond acceptors (Lipinski definition) is 2. The number of nitrogens with one attached hydrogen (secondary N) is 1. The summed E-state index contributed by atoms with van der Waals surface area (Å²) in [5, 5.41) is 0.913. The Bertz CT molecular complexity index is 877. The molecule has 128 valence electrons. The fourth-order valence-corrected chi connectivity index (χ4v) is 3.92. The van der Waals surface area contributed by atoms with Gasteiger partial charge in [0.1, 0.15) is 5.82 Å². The molecule has 3 aromatic rings. The third-order valence-corrected chi connectivity index (χ3v) is 5.23. The van der Waals surface area contributed by atoms with Gasteiger partial charge in [0.05, 0.1) is 5.56 Å². The topological polar surface area (TPSA) is 62.1 Å². The second-order valence-electron chi connectivity index (χ2n) is 6.88. The number of rotatable bonds is 4. The predicted octanol–water partition coefficient (Wildman–Crippen LogP) is 3.73. The number of fused-ring (bicyclic) bond motifs is 1. The van der Waals surface area contributed by atoms with E-state index in [1.165, 1.54) is 5.56 Å². The van der Waals surface area contributed by atoms with Gasteiger partial charge >= 0.3 is 0 Å². The van der Waals surface area contributed by atoms with E-state index < -0.39 is 0 Å². The first-order valence-corrected chi connectivity index (χ1v) is 8.92. The Hall–Kier alpha value is -2.75. The second kappa shape index (κ2) is 6.63. The van der Waals surface area contributed by atoms with Crippen molar-refractivity contribution in [2.75, 3.05) is 18.0 Å². The maximum atomic E-state index is 12.0. The first-order valence-electron chi connectivity index (χ1n) is 8.92. The number of piperidine rings is 1. The molecule has 1 aromatic heterocycles. The third kappa shape index (κ3) is 3.12. The fourth-order valence-electron chi connectivity index (χ4n) is 3.92. The molecular formula is C21H23N3O. The lowest BCUT2D eigenvalue weighted by Crippen LogP contribution is -2.35. The zero-order valence-electron chi connectivity index (χ0n) is 14.2. The van der Waals surface area contributed by atoms with Gasteiger partial charge in [0.15, 0.2) is 0 Å². The van der Waals surface area contributed by atoms with Crippen LogP contribution < -0.4 is 10.6 Å². The molecule has 1 aliphatic rings. The zero-order chi connectivity index (χ0) is 17.2. The van der Waals surface area contributed by atoms with E-state index in [4.69, 9.17) is 5.73 Å². The fraction of sp³-hybridized carbons (Fsp3) is 0.286. The average Bonchev–Trinajstić information content (AvgIpc) is 3.03.